The average Bonchev–Trinajstić information content (AvgIpc) is 2.98. The predicted molar refractivity (Wildman–Crippen MR) is 109 cm³/mol. The summed E-state index contributed by atoms with van der Waals surface area (Å²) in [4.78, 5) is 26.0. The molecule has 0 bridgehead atoms. The number of nitro groups is 1. The molecule has 156 valence electrons. The highest BCUT2D eigenvalue weighted by molar-refractivity contribution is 5.85. The van der Waals surface area contributed by atoms with Crippen molar-refractivity contribution < 1.29 is 14.5 Å². The fourth-order valence-corrected chi connectivity index (χ4v) is 3.73. The quantitative estimate of drug-likeness (QED) is 0.590. The summed E-state index contributed by atoms with van der Waals surface area (Å²) in [7, 11) is 1.63. The van der Waals surface area contributed by atoms with Gasteiger partial charge in [-0.3, -0.25) is 14.9 Å². The molecule has 2 aromatic rings. The van der Waals surface area contributed by atoms with Crippen LogP contribution in [0.15, 0.2) is 30.3 Å². The minimum atomic E-state index is -0.592. The standard InChI is InChI=1S/C20H27N5O4/c1-5-16(21-19-18(25(27)28)14(3)22-23(19)4)20(26)24-11-13(2)29-17(12-24)15-9-7-6-8-10-15/h6-10,13,16-17,21H,5,11-12H2,1-4H3/t13-,16-,17-/m0/s1. The van der Waals surface area contributed by atoms with Crippen LogP contribution in [0.5, 0.6) is 0 Å². The summed E-state index contributed by atoms with van der Waals surface area (Å²) in [6.07, 6.45) is 0.181. The molecular formula is C20H27N5O4. The van der Waals surface area contributed by atoms with Gasteiger partial charge in [0.2, 0.25) is 11.7 Å². The lowest BCUT2D eigenvalue weighted by molar-refractivity contribution is -0.384. The summed E-state index contributed by atoms with van der Waals surface area (Å²) in [5.74, 6) is 0.144. The Morgan fingerprint density at radius 3 is 2.69 bits per heavy atom. The molecule has 0 unspecified atom stereocenters. The second kappa shape index (κ2) is 8.60. The summed E-state index contributed by atoms with van der Waals surface area (Å²) in [6.45, 7) is 6.33. The molecule has 1 fully saturated rings. The van der Waals surface area contributed by atoms with Crippen molar-refractivity contribution in [2.24, 2.45) is 7.05 Å². The van der Waals surface area contributed by atoms with Gasteiger partial charge in [-0.1, -0.05) is 37.3 Å². The molecule has 0 aliphatic carbocycles. The van der Waals surface area contributed by atoms with Gasteiger partial charge in [-0.15, -0.1) is 0 Å². The first-order chi connectivity index (χ1) is 13.8. The Hall–Kier alpha value is -2.94. The van der Waals surface area contributed by atoms with Crippen LogP contribution in [0.2, 0.25) is 0 Å². The van der Waals surface area contributed by atoms with E-state index in [1.54, 1.807) is 18.9 Å². The Kier molecular flexibility index (Phi) is 6.17. The van der Waals surface area contributed by atoms with Crippen LogP contribution >= 0.6 is 0 Å². The molecule has 3 rings (SSSR count). The topological polar surface area (TPSA) is 103 Å². The smallest absolute Gasteiger partial charge is 0.333 e. The van der Waals surface area contributed by atoms with Gasteiger partial charge in [0, 0.05) is 13.6 Å². The van der Waals surface area contributed by atoms with Crippen molar-refractivity contribution in [3.8, 4) is 0 Å². The SMILES string of the molecule is CC[C@H](Nc1c([N+](=O)[O-])c(C)nn1C)C(=O)N1C[C@@H](c2ccccc2)O[C@@H](C)C1. The van der Waals surface area contributed by atoms with Crippen LogP contribution in [0.1, 0.15) is 37.6 Å². The Morgan fingerprint density at radius 2 is 2.07 bits per heavy atom. The first kappa shape index (κ1) is 20.8. The van der Waals surface area contributed by atoms with E-state index in [2.05, 4.69) is 10.4 Å². The Morgan fingerprint density at radius 1 is 1.38 bits per heavy atom. The summed E-state index contributed by atoms with van der Waals surface area (Å²) < 4.78 is 7.45. The van der Waals surface area contributed by atoms with Crippen molar-refractivity contribution >= 4 is 17.4 Å². The Balaban J connectivity index is 1.80. The van der Waals surface area contributed by atoms with Crippen LogP contribution < -0.4 is 5.32 Å². The van der Waals surface area contributed by atoms with E-state index in [1.807, 2.05) is 44.2 Å². The van der Waals surface area contributed by atoms with Crippen LogP contribution in [0.3, 0.4) is 0 Å². The van der Waals surface area contributed by atoms with Gasteiger partial charge < -0.3 is 15.0 Å². The van der Waals surface area contributed by atoms with Crippen molar-refractivity contribution in [3.63, 3.8) is 0 Å². The zero-order valence-corrected chi connectivity index (χ0v) is 17.2. The van der Waals surface area contributed by atoms with Crippen LogP contribution in [0.4, 0.5) is 11.5 Å². The van der Waals surface area contributed by atoms with E-state index in [0.717, 1.165) is 5.56 Å². The zero-order chi connectivity index (χ0) is 21.1. The molecular weight excluding hydrogens is 374 g/mol. The second-order valence-electron chi connectivity index (χ2n) is 7.36. The lowest BCUT2D eigenvalue weighted by Crippen LogP contribution is -2.51. The normalized spacial score (nSPS) is 20.3. The largest absolute Gasteiger partial charge is 0.367 e. The number of hydrogen-bond acceptors (Lipinski definition) is 6. The molecule has 3 atom stereocenters. The van der Waals surface area contributed by atoms with Gasteiger partial charge in [0.15, 0.2) is 0 Å². The summed E-state index contributed by atoms with van der Waals surface area (Å²) in [6, 6.07) is 9.23. The number of morpholine rings is 1. The van der Waals surface area contributed by atoms with Crippen LogP contribution in [-0.2, 0) is 16.6 Å². The molecule has 1 saturated heterocycles. The molecule has 29 heavy (non-hydrogen) atoms. The van der Waals surface area contributed by atoms with E-state index < -0.39 is 11.0 Å². The van der Waals surface area contributed by atoms with Crippen molar-refractivity contribution in [2.75, 3.05) is 18.4 Å². The third kappa shape index (κ3) is 4.40. The number of aryl methyl sites for hydroxylation is 2. The number of anilines is 1. The molecule has 0 saturated carbocycles. The molecule has 1 N–H and O–H groups in total. The summed E-state index contributed by atoms with van der Waals surface area (Å²) in [5, 5.41) is 18.6. The highest BCUT2D eigenvalue weighted by Gasteiger charge is 2.34. The van der Waals surface area contributed by atoms with Crippen LogP contribution in [0.25, 0.3) is 0 Å². The number of nitrogens with zero attached hydrogens (tertiary/aromatic N) is 4. The fourth-order valence-electron chi connectivity index (χ4n) is 3.73. The lowest BCUT2D eigenvalue weighted by atomic mass is 10.1. The molecule has 0 radical (unpaired) electrons. The van der Waals surface area contributed by atoms with Gasteiger partial charge in [-0.25, -0.2) is 4.68 Å². The van der Waals surface area contributed by atoms with Crippen molar-refractivity contribution in [1.82, 2.24) is 14.7 Å². The first-order valence-corrected chi connectivity index (χ1v) is 9.75. The first-order valence-electron chi connectivity index (χ1n) is 9.75. The minimum Gasteiger partial charge on any atom is -0.367 e. The number of nitrogens with one attached hydrogen (secondary N) is 1. The number of carbonyl (C=O) groups is 1. The number of hydrogen-bond donors (Lipinski definition) is 1. The van der Waals surface area contributed by atoms with Crippen molar-refractivity contribution in [2.45, 2.75) is 45.4 Å². The van der Waals surface area contributed by atoms with Crippen LogP contribution in [-0.4, -0.2) is 50.7 Å². The summed E-state index contributed by atoms with van der Waals surface area (Å²) >= 11 is 0. The molecule has 1 aliphatic heterocycles. The summed E-state index contributed by atoms with van der Waals surface area (Å²) in [5.41, 5.74) is 1.23. The maximum absolute atomic E-state index is 13.3. The minimum absolute atomic E-state index is 0.100. The van der Waals surface area contributed by atoms with Gasteiger partial charge in [-0.05, 0) is 25.8 Å². The highest BCUT2D eigenvalue weighted by Crippen LogP contribution is 2.30. The maximum atomic E-state index is 13.3. The van der Waals surface area contributed by atoms with E-state index in [4.69, 9.17) is 4.74 Å². The van der Waals surface area contributed by atoms with Crippen molar-refractivity contribution in [3.05, 3.63) is 51.7 Å². The van der Waals surface area contributed by atoms with Crippen LogP contribution in [0, 0.1) is 17.0 Å². The third-order valence-electron chi connectivity index (χ3n) is 5.13. The molecule has 9 nitrogen and oxygen atoms in total. The molecule has 0 spiro atoms. The van der Waals surface area contributed by atoms with E-state index in [-0.39, 0.29) is 29.6 Å². The monoisotopic (exact) mass is 401 g/mol. The van der Waals surface area contributed by atoms with Crippen molar-refractivity contribution in [1.29, 1.82) is 0 Å². The average molecular weight is 401 g/mol. The molecule has 1 aromatic carbocycles. The maximum Gasteiger partial charge on any atom is 0.333 e. The van der Waals surface area contributed by atoms with E-state index in [0.29, 0.717) is 25.2 Å². The second-order valence-corrected chi connectivity index (χ2v) is 7.36. The number of amides is 1. The number of carbonyl (C=O) groups excluding carboxylic acids is 1. The Bertz CT molecular complexity index is 882. The van der Waals surface area contributed by atoms with Gasteiger partial charge in [0.05, 0.1) is 17.6 Å². The molecule has 2 heterocycles. The number of ether oxygens (including phenoxy) is 1. The zero-order valence-electron chi connectivity index (χ0n) is 17.2. The number of aromatic nitrogens is 2. The molecule has 1 aromatic heterocycles. The van der Waals surface area contributed by atoms with E-state index in [9.17, 15) is 14.9 Å². The molecule has 1 aliphatic rings. The van der Waals surface area contributed by atoms with Gasteiger partial charge >= 0.3 is 5.69 Å². The lowest BCUT2D eigenvalue weighted by Gasteiger charge is -2.38. The Labute approximate surface area is 169 Å². The van der Waals surface area contributed by atoms with Gasteiger partial charge in [-0.2, -0.15) is 5.10 Å². The third-order valence-corrected chi connectivity index (χ3v) is 5.13. The van der Waals surface area contributed by atoms with Gasteiger partial charge in [0.25, 0.3) is 0 Å². The fraction of sp³-hybridized carbons (Fsp3) is 0.500. The molecule has 9 heteroatoms. The molecule has 1 amide bonds. The highest BCUT2D eigenvalue weighted by atomic mass is 16.6. The van der Waals surface area contributed by atoms with Gasteiger partial charge in [0.1, 0.15) is 17.8 Å². The number of rotatable bonds is 6. The number of benzene rings is 1. The predicted octanol–water partition coefficient (Wildman–Crippen LogP) is 2.82. The van der Waals surface area contributed by atoms with E-state index in [1.165, 1.54) is 4.68 Å². The van der Waals surface area contributed by atoms with E-state index >= 15 is 0 Å².